The van der Waals surface area contributed by atoms with Crippen LogP contribution in [0.2, 0.25) is 0 Å². The Morgan fingerprint density at radius 3 is 1.21 bits per heavy atom. The Hall–Kier alpha value is -1.80. The Balaban J connectivity index is 0.000000490. The minimum Gasteiger partial charge on any atom is -1.00 e. The van der Waals surface area contributed by atoms with Crippen LogP contribution in [0.25, 0.3) is 12.2 Å². The summed E-state index contributed by atoms with van der Waals surface area (Å²) in [5, 5.41) is 0. The summed E-state index contributed by atoms with van der Waals surface area (Å²) in [6.07, 6.45) is 15.2. The molecular formula is C24H16Cl2F2Zr. The van der Waals surface area contributed by atoms with Crippen LogP contribution in [-0.4, -0.2) is 0 Å². The normalized spacial score (nSPS) is 16.1. The van der Waals surface area contributed by atoms with E-state index in [-0.39, 0.29) is 62.7 Å². The van der Waals surface area contributed by atoms with Crippen LogP contribution >= 0.6 is 0 Å². The molecule has 2 aliphatic rings. The van der Waals surface area contributed by atoms with Crippen LogP contribution in [0.15, 0.2) is 108 Å². The molecule has 0 unspecified atom stereocenters. The summed E-state index contributed by atoms with van der Waals surface area (Å²) >= 11 is 0. The second kappa shape index (κ2) is 14.2. The number of allylic oxidation sites excluding steroid dienone is 10. The van der Waals surface area contributed by atoms with Gasteiger partial charge >= 0.3 is 26.2 Å². The molecule has 0 bridgehead atoms. The molecule has 0 nitrogen and oxygen atoms in total. The van der Waals surface area contributed by atoms with Gasteiger partial charge in [0.1, 0.15) is 0 Å². The summed E-state index contributed by atoms with van der Waals surface area (Å²) in [5.74, 6) is -0.437. The minimum atomic E-state index is -0.219. The summed E-state index contributed by atoms with van der Waals surface area (Å²) in [7, 11) is 0. The summed E-state index contributed by atoms with van der Waals surface area (Å²) < 4.78 is 25.9. The predicted octanol–water partition coefficient (Wildman–Crippen LogP) is 0.598. The molecule has 0 aliphatic heterocycles. The maximum Gasteiger partial charge on any atom is 4.00 e. The van der Waals surface area contributed by atoms with Crippen LogP contribution in [0.1, 0.15) is 11.1 Å². The number of benzene rings is 2. The van der Waals surface area contributed by atoms with Crippen molar-refractivity contribution in [3.63, 3.8) is 0 Å². The zero-order chi connectivity index (χ0) is 18.2. The van der Waals surface area contributed by atoms with Gasteiger partial charge in [-0.1, -0.05) is 71.8 Å². The van der Waals surface area contributed by atoms with Crippen molar-refractivity contribution in [3.8, 4) is 0 Å². The van der Waals surface area contributed by atoms with E-state index < -0.39 is 0 Å². The number of hydrogen-bond donors (Lipinski definition) is 0. The molecule has 2 aromatic carbocycles. The van der Waals surface area contributed by atoms with Gasteiger partial charge < -0.3 is 24.8 Å². The SMILES string of the molecule is FC1=CC=[C-]C1=Cc1ccccc1.FC1=CC=[C-]C1=Cc1ccccc1.[Cl-].[Cl-].[Zr+4]. The third kappa shape index (κ3) is 8.62. The first-order valence-corrected chi connectivity index (χ1v) is 8.18. The predicted molar refractivity (Wildman–Crippen MR) is 103 cm³/mol. The quantitative estimate of drug-likeness (QED) is 0.526. The number of halogens is 4. The molecule has 0 N–H and O–H groups in total. The minimum absolute atomic E-state index is 0. The van der Waals surface area contributed by atoms with Crippen molar-refractivity contribution in [2.75, 3.05) is 0 Å². The van der Waals surface area contributed by atoms with Gasteiger partial charge in [-0.3, -0.25) is 8.78 Å². The first-order chi connectivity index (χ1) is 12.7. The summed E-state index contributed by atoms with van der Waals surface area (Å²) in [4.78, 5) is 0. The van der Waals surface area contributed by atoms with E-state index in [0.717, 1.165) is 11.1 Å². The van der Waals surface area contributed by atoms with Gasteiger partial charge in [0.2, 0.25) is 0 Å². The molecule has 144 valence electrons. The van der Waals surface area contributed by atoms with Crippen LogP contribution in [0.4, 0.5) is 8.78 Å². The second-order valence-corrected chi connectivity index (χ2v) is 5.59. The van der Waals surface area contributed by atoms with Gasteiger partial charge in [0.25, 0.3) is 0 Å². The molecule has 5 heteroatoms. The van der Waals surface area contributed by atoms with Gasteiger partial charge in [-0.2, -0.15) is 12.2 Å². The van der Waals surface area contributed by atoms with E-state index in [1.165, 1.54) is 12.2 Å². The van der Waals surface area contributed by atoms with E-state index in [4.69, 9.17) is 0 Å². The third-order valence-corrected chi connectivity index (χ3v) is 3.67. The molecule has 0 heterocycles. The fourth-order valence-electron chi connectivity index (χ4n) is 2.38. The number of rotatable bonds is 2. The second-order valence-electron chi connectivity index (χ2n) is 5.59. The fraction of sp³-hybridized carbons (Fsp3) is 0. The van der Waals surface area contributed by atoms with Crippen molar-refractivity contribution in [2.24, 2.45) is 0 Å². The van der Waals surface area contributed by atoms with Crippen LogP contribution in [0.3, 0.4) is 0 Å². The molecule has 29 heavy (non-hydrogen) atoms. The van der Waals surface area contributed by atoms with Crippen molar-refractivity contribution in [1.82, 2.24) is 0 Å². The average Bonchev–Trinajstić information content (AvgIpc) is 3.26. The molecule has 4 rings (SSSR count). The molecule has 0 fully saturated rings. The van der Waals surface area contributed by atoms with Crippen LogP contribution in [0, 0.1) is 12.2 Å². The number of hydrogen-bond acceptors (Lipinski definition) is 0. The molecule has 0 spiro atoms. The monoisotopic (exact) mass is 502 g/mol. The van der Waals surface area contributed by atoms with E-state index in [9.17, 15) is 8.78 Å². The molecule has 0 saturated carbocycles. The van der Waals surface area contributed by atoms with Gasteiger partial charge in [0, 0.05) is 11.7 Å². The summed E-state index contributed by atoms with van der Waals surface area (Å²) in [6.45, 7) is 0. The molecule has 0 saturated heterocycles. The zero-order valence-corrected chi connectivity index (χ0v) is 19.2. The van der Waals surface area contributed by atoms with Crippen LogP contribution in [0.5, 0.6) is 0 Å². The van der Waals surface area contributed by atoms with Crippen LogP contribution < -0.4 is 24.8 Å². The van der Waals surface area contributed by atoms with Crippen LogP contribution in [-0.2, 0) is 26.2 Å². The van der Waals surface area contributed by atoms with Gasteiger partial charge in [0.05, 0.1) is 0 Å². The molecule has 2 aliphatic carbocycles. The Labute approximate surface area is 202 Å². The van der Waals surface area contributed by atoms with E-state index >= 15 is 0 Å². The standard InChI is InChI=1S/2C12H8F.2ClH.Zr/c2*13-12-8-4-7-11(12)9-10-5-2-1-3-6-10;;;/h2*1-6,8-9H;2*1H;/q2*-1;;;+4/p-2. The van der Waals surface area contributed by atoms with Crippen molar-refractivity contribution in [1.29, 1.82) is 0 Å². The maximum atomic E-state index is 13.0. The molecule has 0 amide bonds. The van der Waals surface area contributed by atoms with E-state index in [2.05, 4.69) is 12.2 Å². The van der Waals surface area contributed by atoms with Gasteiger partial charge in [0.15, 0.2) is 0 Å². The third-order valence-electron chi connectivity index (χ3n) is 3.67. The maximum absolute atomic E-state index is 13.0. The van der Waals surface area contributed by atoms with Gasteiger partial charge in [-0.15, -0.1) is 47.6 Å². The van der Waals surface area contributed by atoms with E-state index in [0.29, 0.717) is 11.1 Å². The summed E-state index contributed by atoms with van der Waals surface area (Å²) in [5.41, 5.74) is 3.02. The average molecular weight is 505 g/mol. The van der Waals surface area contributed by atoms with Gasteiger partial charge in [-0.05, 0) is 0 Å². The summed E-state index contributed by atoms with van der Waals surface area (Å²) in [6, 6.07) is 19.3. The largest absolute Gasteiger partial charge is 4.00 e. The van der Waals surface area contributed by atoms with Crippen molar-refractivity contribution in [3.05, 3.63) is 131 Å². The topological polar surface area (TPSA) is 0 Å². The van der Waals surface area contributed by atoms with Gasteiger partial charge in [-0.25, -0.2) is 0 Å². The zero-order valence-electron chi connectivity index (χ0n) is 15.2. The Kier molecular flexibility index (Phi) is 13.3. The molecule has 0 radical (unpaired) electrons. The van der Waals surface area contributed by atoms with Crippen molar-refractivity contribution >= 4 is 12.2 Å². The fourth-order valence-corrected chi connectivity index (χ4v) is 2.38. The van der Waals surface area contributed by atoms with E-state index in [1.807, 2.05) is 60.7 Å². The van der Waals surface area contributed by atoms with Crippen molar-refractivity contribution < 1.29 is 59.8 Å². The Morgan fingerprint density at radius 1 is 0.586 bits per heavy atom. The van der Waals surface area contributed by atoms with Crippen molar-refractivity contribution in [2.45, 2.75) is 0 Å². The van der Waals surface area contributed by atoms with E-state index in [1.54, 1.807) is 24.3 Å². The first kappa shape index (κ1) is 27.2. The Morgan fingerprint density at radius 2 is 0.931 bits per heavy atom. The molecule has 0 atom stereocenters. The molecule has 0 aromatic heterocycles. The molecule has 2 aromatic rings. The Bertz CT molecular complexity index is 862. The molecular weight excluding hydrogens is 488 g/mol. The smallest absolute Gasteiger partial charge is 1.00 e. The first-order valence-electron chi connectivity index (χ1n) is 8.18.